The van der Waals surface area contributed by atoms with Gasteiger partial charge in [-0.2, -0.15) is 0 Å². The lowest BCUT2D eigenvalue weighted by Crippen LogP contribution is -2.31. The van der Waals surface area contributed by atoms with Gasteiger partial charge in [-0.05, 0) is 0 Å². The Labute approximate surface area is 81.1 Å². The summed E-state index contributed by atoms with van der Waals surface area (Å²) in [6, 6.07) is 0. The van der Waals surface area contributed by atoms with Gasteiger partial charge in [-0.25, -0.2) is 5.26 Å². The Bertz CT molecular complexity index is 101. The number of rotatable bonds is 9. The van der Waals surface area contributed by atoms with Crippen LogP contribution in [-0.2, 0) is 9.37 Å². The van der Waals surface area contributed by atoms with Crippen molar-refractivity contribution in [1.29, 1.82) is 0 Å². The molecule has 0 bridgehead atoms. The summed E-state index contributed by atoms with van der Waals surface area (Å²) >= 11 is 0.956. The van der Waals surface area contributed by atoms with Gasteiger partial charge in [-0.3, -0.25) is 4.90 Å². The van der Waals surface area contributed by atoms with E-state index in [0.29, 0.717) is 25.4 Å². The van der Waals surface area contributed by atoms with Crippen molar-refractivity contribution in [2.75, 3.05) is 38.6 Å². The fourth-order valence-corrected chi connectivity index (χ4v) is 1.28. The first kappa shape index (κ1) is 13.1. The first-order chi connectivity index (χ1) is 6.35. The minimum atomic E-state index is 0.0576. The molecule has 0 atom stereocenters. The van der Waals surface area contributed by atoms with Crippen LogP contribution in [0.25, 0.3) is 0 Å². The SMILES string of the molecule is OCCN(CCO)CCSOOO. The monoisotopic (exact) mass is 213 g/mol. The molecule has 0 unspecified atom stereocenters. The van der Waals surface area contributed by atoms with Gasteiger partial charge in [0.25, 0.3) is 0 Å². The molecule has 0 radical (unpaired) electrons. The molecule has 0 fully saturated rings. The van der Waals surface area contributed by atoms with Gasteiger partial charge in [-0.1, -0.05) is 5.04 Å². The van der Waals surface area contributed by atoms with Gasteiger partial charge in [0.2, 0.25) is 0 Å². The Hall–Kier alpha value is 0.110. The zero-order valence-corrected chi connectivity index (χ0v) is 8.07. The van der Waals surface area contributed by atoms with Crippen molar-refractivity contribution in [3.05, 3.63) is 0 Å². The topological polar surface area (TPSA) is 82.4 Å². The predicted molar refractivity (Wildman–Crippen MR) is 47.9 cm³/mol. The highest BCUT2D eigenvalue weighted by molar-refractivity contribution is 7.94. The summed E-state index contributed by atoms with van der Waals surface area (Å²) < 4.78 is 4.16. The summed E-state index contributed by atoms with van der Waals surface area (Å²) in [6.07, 6.45) is 0. The second kappa shape index (κ2) is 10.2. The molecule has 0 saturated heterocycles. The molecule has 0 rings (SSSR count). The average molecular weight is 213 g/mol. The molecule has 0 heterocycles. The molecule has 0 spiro atoms. The van der Waals surface area contributed by atoms with Gasteiger partial charge in [0.15, 0.2) is 0 Å². The molecule has 0 aromatic heterocycles. The molecule has 6 nitrogen and oxygen atoms in total. The van der Waals surface area contributed by atoms with Crippen LogP contribution >= 0.6 is 12.0 Å². The summed E-state index contributed by atoms with van der Waals surface area (Å²) in [5.41, 5.74) is 0. The van der Waals surface area contributed by atoms with Crippen LogP contribution in [0.3, 0.4) is 0 Å². The summed E-state index contributed by atoms with van der Waals surface area (Å²) in [4.78, 5) is 1.87. The molecule has 7 heteroatoms. The first-order valence-electron chi connectivity index (χ1n) is 3.89. The molecule has 0 saturated carbocycles. The molecule has 80 valence electrons. The molecular formula is C6H15NO5S. The number of hydrogen-bond acceptors (Lipinski definition) is 7. The molecular weight excluding hydrogens is 198 g/mol. The molecule has 0 aliphatic rings. The van der Waals surface area contributed by atoms with Crippen LogP contribution in [0.2, 0.25) is 0 Å². The Kier molecular flexibility index (Phi) is 10.3. The van der Waals surface area contributed by atoms with E-state index in [1.54, 1.807) is 0 Å². The maximum absolute atomic E-state index is 8.64. The third-order valence-corrected chi connectivity index (χ3v) is 1.91. The highest BCUT2D eigenvalue weighted by Crippen LogP contribution is 2.02. The van der Waals surface area contributed by atoms with Crippen molar-refractivity contribution in [3.8, 4) is 0 Å². The molecule has 0 aliphatic heterocycles. The van der Waals surface area contributed by atoms with Gasteiger partial charge in [0.1, 0.15) is 0 Å². The molecule has 0 aliphatic carbocycles. The minimum absolute atomic E-state index is 0.0576. The molecule has 13 heavy (non-hydrogen) atoms. The molecule has 0 aromatic rings. The maximum atomic E-state index is 8.64. The zero-order valence-electron chi connectivity index (χ0n) is 7.26. The van der Waals surface area contributed by atoms with E-state index in [1.165, 1.54) is 0 Å². The van der Waals surface area contributed by atoms with E-state index in [4.69, 9.17) is 15.5 Å². The van der Waals surface area contributed by atoms with E-state index in [-0.39, 0.29) is 13.2 Å². The van der Waals surface area contributed by atoms with Gasteiger partial charge < -0.3 is 10.2 Å². The van der Waals surface area contributed by atoms with Crippen LogP contribution in [0.1, 0.15) is 0 Å². The molecule has 3 N–H and O–H groups in total. The lowest BCUT2D eigenvalue weighted by Gasteiger charge is -2.18. The fourth-order valence-electron chi connectivity index (χ4n) is 0.840. The number of aliphatic hydroxyl groups excluding tert-OH is 2. The Morgan fingerprint density at radius 1 is 1.08 bits per heavy atom. The van der Waals surface area contributed by atoms with Gasteiger partial charge in [-0.15, -0.1) is 4.33 Å². The highest BCUT2D eigenvalue weighted by Gasteiger charge is 2.03. The normalized spacial score (nSPS) is 11.1. The number of hydrogen-bond donors (Lipinski definition) is 3. The summed E-state index contributed by atoms with van der Waals surface area (Å²) in [7, 11) is 0. The third-order valence-electron chi connectivity index (χ3n) is 1.40. The second-order valence-electron chi connectivity index (χ2n) is 2.25. The van der Waals surface area contributed by atoms with E-state index in [9.17, 15) is 0 Å². The van der Waals surface area contributed by atoms with Crippen molar-refractivity contribution >= 4 is 12.0 Å². The van der Waals surface area contributed by atoms with Gasteiger partial charge in [0.05, 0.1) is 13.2 Å². The summed E-state index contributed by atoms with van der Waals surface area (Å²) in [6.45, 7) is 1.79. The highest BCUT2D eigenvalue weighted by atomic mass is 32.2. The fraction of sp³-hybridized carbons (Fsp3) is 1.00. The Morgan fingerprint density at radius 2 is 1.69 bits per heavy atom. The van der Waals surface area contributed by atoms with Crippen LogP contribution in [-0.4, -0.2) is 59.0 Å². The van der Waals surface area contributed by atoms with Crippen LogP contribution in [0.5, 0.6) is 0 Å². The lowest BCUT2D eigenvalue weighted by atomic mass is 10.5. The first-order valence-corrected chi connectivity index (χ1v) is 4.80. The number of aliphatic hydroxyl groups is 2. The van der Waals surface area contributed by atoms with Crippen molar-refractivity contribution in [2.24, 2.45) is 0 Å². The molecule has 0 amide bonds. The maximum Gasteiger partial charge on any atom is 0.0558 e. The summed E-state index contributed by atoms with van der Waals surface area (Å²) in [5.74, 6) is 0.584. The smallest absolute Gasteiger partial charge is 0.0558 e. The van der Waals surface area contributed by atoms with Crippen molar-refractivity contribution in [1.82, 2.24) is 4.90 Å². The van der Waals surface area contributed by atoms with E-state index in [2.05, 4.69) is 9.37 Å². The van der Waals surface area contributed by atoms with Crippen molar-refractivity contribution < 1.29 is 24.8 Å². The van der Waals surface area contributed by atoms with E-state index in [1.807, 2.05) is 4.90 Å². The Balaban J connectivity index is 3.33. The average Bonchev–Trinajstić information content (AvgIpc) is 2.13. The predicted octanol–water partition coefficient (Wildman–Crippen LogP) is -0.658. The van der Waals surface area contributed by atoms with Crippen LogP contribution < -0.4 is 0 Å². The standard InChI is InChI=1S/C6H15NO5S/c8-4-1-7(2-5-9)3-6-13-12-11-10/h8-10H,1-6H2. The van der Waals surface area contributed by atoms with Crippen LogP contribution in [0.15, 0.2) is 0 Å². The van der Waals surface area contributed by atoms with Gasteiger partial charge in [0, 0.05) is 37.4 Å². The van der Waals surface area contributed by atoms with E-state index in [0.717, 1.165) is 12.0 Å². The third kappa shape index (κ3) is 8.44. The van der Waals surface area contributed by atoms with E-state index < -0.39 is 0 Å². The largest absolute Gasteiger partial charge is 0.395 e. The van der Waals surface area contributed by atoms with Crippen molar-refractivity contribution in [3.63, 3.8) is 0 Å². The lowest BCUT2D eigenvalue weighted by molar-refractivity contribution is -0.432. The van der Waals surface area contributed by atoms with E-state index >= 15 is 0 Å². The molecule has 0 aromatic carbocycles. The van der Waals surface area contributed by atoms with Crippen molar-refractivity contribution in [2.45, 2.75) is 0 Å². The Morgan fingerprint density at radius 3 is 2.15 bits per heavy atom. The zero-order chi connectivity index (χ0) is 9.94. The second-order valence-corrected chi connectivity index (χ2v) is 3.03. The number of nitrogens with zero attached hydrogens (tertiary/aromatic N) is 1. The quantitative estimate of drug-likeness (QED) is 0.203. The van der Waals surface area contributed by atoms with Gasteiger partial charge >= 0.3 is 0 Å². The minimum Gasteiger partial charge on any atom is -0.395 e. The summed E-state index contributed by atoms with van der Waals surface area (Å²) in [5, 5.41) is 28.5. The van der Waals surface area contributed by atoms with Crippen LogP contribution in [0, 0.1) is 0 Å². The van der Waals surface area contributed by atoms with Crippen LogP contribution in [0.4, 0.5) is 0 Å².